The van der Waals surface area contributed by atoms with Crippen molar-refractivity contribution in [1.29, 1.82) is 0 Å². The quantitative estimate of drug-likeness (QED) is 0.864. The molecule has 1 aliphatic heterocycles. The molecule has 0 radical (unpaired) electrons. The minimum atomic E-state index is -4.18. The largest absolute Gasteiger partial charge is 0.495 e. The zero-order chi connectivity index (χ0) is 19.4. The molecular weight excluding hydrogens is 359 g/mol. The minimum absolute atomic E-state index is 0.0174. The van der Waals surface area contributed by atoms with Gasteiger partial charge in [-0.15, -0.1) is 0 Å². The summed E-state index contributed by atoms with van der Waals surface area (Å²) in [5.41, 5.74) is 0.986. The molecule has 2 amide bonds. The molecule has 1 saturated carbocycles. The number of nitrogens with one attached hydrogen (secondary N) is 1. The summed E-state index contributed by atoms with van der Waals surface area (Å²) in [4.78, 5) is 16.3. The Labute approximate surface area is 157 Å². The summed E-state index contributed by atoms with van der Waals surface area (Å²) in [6.07, 6.45) is -2.93. The highest BCUT2D eigenvalue weighted by Gasteiger charge is 2.42. The number of methoxy groups -OCH3 is 1. The molecule has 8 heteroatoms. The van der Waals surface area contributed by atoms with Crippen molar-refractivity contribution in [2.24, 2.45) is 5.92 Å². The maximum atomic E-state index is 12.9. The Kier molecular flexibility index (Phi) is 6.01. The third kappa shape index (κ3) is 4.78. The van der Waals surface area contributed by atoms with Gasteiger partial charge in [0.25, 0.3) is 0 Å². The van der Waals surface area contributed by atoms with Crippen LogP contribution in [0.25, 0.3) is 0 Å². The average molecular weight is 385 g/mol. The van der Waals surface area contributed by atoms with Crippen LogP contribution in [0, 0.1) is 5.92 Å². The van der Waals surface area contributed by atoms with Crippen molar-refractivity contribution in [3.63, 3.8) is 0 Å². The molecule has 2 atom stereocenters. The Balaban J connectivity index is 1.51. The van der Waals surface area contributed by atoms with E-state index in [1.54, 1.807) is 12.0 Å². The normalized spacial score (nSPS) is 23.9. The molecule has 0 aromatic heterocycles. The third-order valence-corrected chi connectivity index (χ3v) is 5.46. The van der Waals surface area contributed by atoms with Crippen molar-refractivity contribution in [2.45, 2.75) is 37.9 Å². The van der Waals surface area contributed by atoms with Crippen molar-refractivity contribution < 1.29 is 22.7 Å². The van der Waals surface area contributed by atoms with E-state index in [0.717, 1.165) is 11.4 Å². The highest BCUT2D eigenvalue weighted by molar-refractivity contribution is 5.75. The van der Waals surface area contributed by atoms with Crippen LogP contribution >= 0.6 is 0 Å². The van der Waals surface area contributed by atoms with Crippen LogP contribution in [0.4, 0.5) is 23.7 Å². The lowest BCUT2D eigenvalue weighted by atomic mass is 9.85. The van der Waals surface area contributed by atoms with E-state index in [4.69, 9.17) is 4.74 Å². The van der Waals surface area contributed by atoms with E-state index >= 15 is 0 Å². The molecule has 0 bridgehead atoms. The van der Waals surface area contributed by atoms with Crippen molar-refractivity contribution in [2.75, 3.05) is 38.2 Å². The minimum Gasteiger partial charge on any atom is -0.495 e. The van der Waals surface area contributed by atoms with Crippen LogP contribution in [0.2, 0.25) is 0 Å². The molecule has 0 spiro atoms. The second kappa shape index (κ2) is 8.27. The molecule has 2 aliphatic rings. The molecule has 3 rings (SSSR count). The van der Waals surface area contributed by atoms with Crippen molar-refractivity contribution in [1.82, 2.24) is 10.2 Å². The monoisotopic (exact) mass is 385 g/mol. The molecular formula is C19H26F3N3O2. The zero-order valence-electron chi connectivity index (χ0n) is 15.5. The predicted octanol–water partition coefficient (Wildman–Crippen LogP) is 3.65. The highest BCUT2D eigenvalue weighted by Crippen LogP contribution is 2.37. The number of carbonyl (C=O) groups is 1. The number of nitrogens with zero attached hydrogens (tertiary/aromatic N) is 2. The molecule has 2 unspecified atom stereocenters. The number of hydrogen-bond acceptors (Lipinski definition) is 3. The van der Waals surface area contributed by atoms with E-state index in [2.05, 4.69) is 10.2 Å². The van der Waals surface area contributed by atoms with E-state index in [1.807, 2.05) is 24.3 Å². The number of amides is 2. The molecule has 1 aromatic rings. The lowest BCUT2D eigenvalue weighted by molar-refractivity contribution is -0.183. The second-order valence-corrected chi connectivity index (χ2v) is 7.20. The van der Waals surface area contributed by atoms with E-state index in [9.17, 15) is 18.0 Å². The fourth-order valence-electron chi connectivity index (χ4n) is 3.93. The van der Waals surface area contributed by atoms with Gasteiger partial charge in [0.2, 0.25) is 0 Å². The van der Waals surface area contributed by atoms with Crippen LogP contribution in [-0.2, 0) is 0 Å². The SMILES string of the molecule is COc1ccccc1N1CCN(C(=O)NC2CCCC(C(F)(F)F)C2)CC1. The van der Waals surface area contributed by atoms with E-state index in [1.165, 1.54) is 0 Å². The van der Waals surface area contributed by atoms with Gasteiger partial charge in [-0.2, -0.15) is 13.2 Å². The molecule has 1 N–H and O–H groups in total. The lowest BCUT2D eigenvalue weighted by Gasteiger charge is -2.38. The molecule has 27 heavy (non-hydrogen) atoms. The number of halogens is 3. The first-order valence-corrected chi connectivity index (χ1v) is 9.38. The first kappa shape index (κ1) is 19.6. The number of benzene rings is 1. The van der Waals surface area contributed by atoms with Gasteiger partial charge in [0.15, 0.2) is 0 Å². The maximum Gasteiger partial charge on any atom is 0.391 e. The molecule has 1 heterocycles. The van der Waals surface area contributed by atoms with Crippen molar-refractivity contribution in [3.05, 3.63) is 24.3 Å². The van der Waals surface area contributed by atoms with Crippen LogP contribution in [0.3, 0.4) is 0 Å². The van der Waals surface area contributed by atoms with E-state index in [-0.39, 0.29) is 18.9 Å². The van der Waals surface area contributed by atoms with Crippen LogP contribution in [0.1, 0.15) is 25.7 Å². The van der Waals surface area contributed by atoms with Crippen molar-refractivity contribution in [3.8, 4) is 5.75 Å². The predicted molar refractivity (Wildman–Crippen MR) is 97.1 cm³/mol. The molecule has 1 saturated heterocycles. The van der Waals surface area contributed by atoms with Gasteiger partial charge in [-0.05, 0) is 31.4 Å². The summed E-state index contributed by atoms with van der Waals surface area (Å²) in [5, 5.41) is 2.81. The fraction of sp³-hybridized carbons (Fsp3) is 0.632. The molecule has 1 aliphatic carbocycles. The van der Waals surface area contributed by atoms with Gasteiger partial charge in [-0.1, -0.05) is 18.6 Å². The molecule has 5 nitrogen and oxygen atoms in total. The summed E-state index contributed by atoms with van der Waals surface area (Å²) in [6, 6.07) is 7.07. The standard InChI is InChI=1S/C19H26F3N3O2/c1-27-17-8-3-2-7-16(17)24-9-11-25(12-10-24)18(26)23-15-6-4-5-14(13-15)19(20,21)22/h2-3,7-8,14-15H,4-6,9-13H2,1H3,(H,23,26). The number of piperazine rings is 1. The number of para-hydroxylation sites is 2. The first-order valence-electron chi connectivity index (χ1n) is 9.38. The Hall–Kier alpha value is -2.12. The Morgan fingerprint density at radius 3 is 2.52 bits per heavy atom. The van der Waals surface area contributed by atoms with Crippen LogP contribution in [0.5, 0.6) is 5.75 Å². The third-order valence-electron chi connectivity index (χ3n) is 5.46. The van der Waals surface area contributed by atoms with Gasteiger partial charge in [0.05, 0.1) is 18.7 Å². The van der Waals surface area contributed by atoms with Crippen LogP contribution in [-0.4, -0.2) is 56.4 Å². The van der Waals surface area contributed by atoms with Gasteiger partial charge in [0, 0.05) is 32.2 Å². The summed E-state index contributed by atoms with van der Waals surface area (Å²) < 4.78 is 44.2. The Morgan fingerprint density at radius 1 is 1.15 bits per heavy atom. The highest BCUT2D eigenvalue weighted by atomic mass is 19.4. The number of anilines is 1. The van der Waals surface area contributed by atoms with E-state index < -0.39 is 18.1 Å². The van der Waals surface area contributed by atoms with Crippen molar-refractivity contribution >= 4 is 11.7 Å². The van der Waals surface area contributed by atoms with Gasteiger partial charge >= 0.3 is 12.2 Å². The van der Waals surface area contributed by atoms with Gasteiger partial charge in [-0.25, -0.2) is 4.79 Å². The number of rotatable bonds is 3. The Morgan fingerprint density at radius 2 is 1.85 bits per heavy atom. The van der Waals surface area contributed by atoms with Crippen LogP contribution < -0.4 is 15.0 Å². The van der Waals surface area contributed by atoms with E-state index in [0.29, 0.717) is 39.0 Å². The number of hydrogen-bond donors (Lipinski definition) is 1. The molecule has 150 valence electrons. The number of ether oxygens (including phenoxy) is 1. The number of urea groups is 1. The second-order valence-electron chi connectivity index (χ2n) is 7.20. The fourth-order valence-corrected chi connectivity index (χ4v) is 3.93. The average Bonchev–Trinajstić information content (AvgIpc) is 2.67. The van der Waals surface area contributed by atoms with Gasteiger partial charge in [0.1, 0.15) is 5.75 Å². The summed E-state index contributed by atoms with van der Waals surface area (Å²) in [7, 11) is 1.63. The smallest absolute Gasteiger partial charge is 0.391 e. The summed E-state index contributed by atoms with van der Waals surface area (Å²) in [6.45, 7) is 2.37. The van der Waals surface area contributed by atoms with Gasteiger partial charge in [-0.3, -0.25) is 0 Å². The summed E-state index contributed by atoms with van der Waals surface area (Å²) >= 11 is 0. The topological polar surface area (TPSA) is 44.8 Å². The lowest BCUT2D eigenvalue weighted by Crippen LogP contribution is -2.54. The van der Waals surface area contributed by atoms with Crippen LogP contribution in [0.15, 0.2) is 24.3 Å². The first-order chi connectivity index (χ1) is 12.9. The number of alkyl halides is 3. The number of carbonyl (C=O) groups excluding carboxylic acids is 1. The summed E-state index contributed by atoms with van der Waals surface area (Å²) in [5.74, 6) is -0.519. The Bertz CT molecular complexity index is 645. The molecule has 1 aromatic carbocycles. The molecule has 2 fully saturated rings. The zero-order valence-corrected chi connectivity index (χ0v) is 15.5. The maximum absolute atomic E-state index is 12.9. The van der Waals surface area contributed by atoms with Gasteiger partial charge < -0.3 is 19.9 Å².